The number of nitrogens with zero attached hydrogens (tertiary/aromatic N) is 1. The summed E-state index contributed by atoms with van der Waals surface area (Å²) in [5.74, 6) is -0.956. The van der Waals surface area contributed by atoms with Crippen LogP contribution in [0.3, 0.4) is 0 Å². The molecule has 0 amide bonds. The Labute approximate surface area is 115 Å². The molecule has 1 aromatic heterocycles. The lowest BCUT2D eigenvalue weighted by atomic mass is 10.2. The third kappa shape index (κ3) is 3.58. The smallest absolute Gasteiger partial charge is 0.335 e. The van der Waals surface area contributed by atoms with Crippen molar-refractivity contribution >= 4 is 21.7 Å². The van der Waals surface area contributed by atoms with Gasteiger partial charge >= 0.3 is 5.97 Å². The van der Waals surface area contributed by atoms with Gasteiger partial charge < -0.3 is 9.63 Å². The van der Waals surface area contributed by atoms with Crippen molar-refractivity contribution in [1.29, 1.82) is 0 Å². The molecule has 7 nitrogen and oxygen atoms in total. The highest BCUT2D eigenvalue weighted by molar-refractivity contribution is 7.91. The predicted octanol–water partition coefficient (Wildman–Crippen LogP) is 1.62. The molecular weight excluding hydrogens is 284 g/mol. The third-order valence-electron chi connectivity index (χ3n) is 2.40. The molecule has 1 heterocycles. The van der Waals surface area contributed by atoms with Gasteiger partial charge in [-0.3, -0.25) is 4.72 Å². The highest BCUT2D eigenvalue weighted by Crippen LogP contribution is 2.15. The van der Waals surface area contributed by atoms with E-state index in [0.717, 1.165) is 0 Å². The van der Waals surface area contributed by atoms with E-state index in [1.165, 1.54) is 30.3 Å². The summed E-state index contributed by atoms with van der Waals surface area (Å²) >= 11 is 0. The number of sulfonamides is 1. The average Bonchev–Trinajstić information content (AvgIpc) is 2.73. The van der Waals surface area contributed by atoms with Gasteiger partial charge in [0.2, 0.25) is 10.0 Å². The molecule has 106 valence electrons. The lowest BCUT2D eigenvalue weighted by Gasteiger charge is -2.07. The number of rotatable bonds is 5. The van der Waals surface area contributed by atoms with Gasteiger partial charge in [0.25, 0.3) is 0 Å². The first kappa shape index (κ1) is 14.1. The number of nitrogens with one attached hydrogen (secondary N) is 1. The average molecular weight is 296 g/mol. The molecule has 2 rings (SSSR count). The zero-order valence-corrected chi connectivity index (χ0v) is 11.3. The van der Waals surface area contributed by atoms with Gasteiger partial charge in [-0.25, -0.2) is 13.2 Å². The molecule has 0 aliphatic heterocycles. The maximum absolute atomic E-state index is 11.9. The van der Waals surface area contributed by atoms with Crippen LogP contribution in [-0.4, -0.2) is 24.7 Å². The van der Waals surface area contributed by atoms with E-state index in [9.17, 15) is 13.2 Å². The van der Waals surface area contributed by atoms with Gasteiger partial charge in [-0.2, -0.15) is 0 Å². The zero-order chi connectivity index (χ0) is 14.8. The number of aromatic carboxylic acids is 1. The SMILES string of the molecule is Cc1cc(CS(=O)(=O)Nc2cccc(C(=O)O)c2)no1. The van der Waals surface area contributed by atoms with Crippen molar-refractivity contribution in [2.24, 2.45) is 0 Å². The highest BCUT2D eigenvalue weighted by Gasteiger charge is 2.15. The fraction of sp³-hybridized carbons (Fsp3) is 0.167. The van der Waals surface area contributed by atoms with Crippen LogP contribution in [0.1, 0.15) is 21.8 Å². The van der Waals surface area contributed by atoms with Crippen molar-refractivity contribution in [3.8, 4) is 0 Å². The van der Waals surface area contributed by atoms with Crippen LogP contribution in [0.2, 0.25) is 0 Å². The molecule has 0 atom stereocenters. The van der Waals surface area contributed by atoms with Gasteiger partial charge in [0.05, 0.1) is 5.56 Å². The molecular formula is C12H12N2O5S. The molecule has 2 N–H and O–H groups in total. The maximum Gasteiger partial charge on any atom is 0.335 e. The first-order chi connectivity index (χ1) is 9.35. The van der Waals surface area contributed by atoms with Crippen LogP contribution in [0.4, 0.5) is 5.69 Å². The number of aryl methyl sites for hydroxylation is 1. The number of hydrogen-bond donors (Lipinski definition) is 2. The van der Waals surface area contributed by atoms with Crippen molar-refractivity contribution in [1.82, 2.24) is 5.16 Å². The van der Waals surface area contributed by atoms with Crippen molar-refractivity contribution in [2.75, 3.05) is 4.72 Å². The van der Waals surface area contributed by atoms with Crippen LogP contribution in [0, 0.1) is 6.92 Å². The van der Waals surface area contributed by atoms with E-state index in [1.54, 1.807) is 6.92 Å². The van der Waals surface area contributed by atoms with Gasteiger partial charge in [-0.1, -0.05) is 11.2 Å². The Hall–Kier alpha value is -2.35. The van der Waals surface area contributed by atoms with Crippen LogP contribution in [0.5, 0.6) is 0 Å². The zero-order valence-electron chi connectivity index (χ0n) is 10.5. The van der Waals surface area contributed by atoms with Gasteiger partial charge in [0, 0.05) is 11.8 Å². The Morgan fingerprint density at radius 1 is 1.40 bits per heavy atom. The molecule has 0 aliphatic carbocycles. The Kier molecular flexibility index (Phi) is 3.75. The van der Waals surface area contributed by atoms with E-state index in [4.69, 9.17) is 9.63 Å². The summed E-state index contributed by atoms with van der Waals surface area (Å²) in [5, 5.41) is 12.4. The van der Waals surface area contributed by atoms with E-state index in [1.807, 2.05) is 0 Å². The third-order valence-corrected chi connectivity index (χ3v) is 3.62. The second-order valence-electron chi connectivity index (χ2n) is 4.18. The summed E-state index contributed by atoms with van der Waals surface area (Å²) in [5.41, 5.74) is 0.469. The van der Waals surface area contributed by atoms with Crippen LogP contribution in [0.15, 0.2) is 34.9 Å². The van der Waals surface area contributed by atoms with E-state index < -0.39 is 16.0 Å². The molecule has 0 saturated carbocycles. The van der Waals surface area contributed by atoms with E-state index >= 15 is 0 Å². The predicted molar refractivity (Wildman–Crippen MR) is 70.9 cm³/mol. The van der Waals surface area contributed by atoms with Crippen molar-refractivity contribution in [3.05, 3.63) is 47.3 Å². The summed E-state index contributed by atoms with van der Waals surface area (Å²) in [6, 6.07) is 7.07. The highest BCUT2D eigenvalue weighted by atomic mass is 32.2. The van der Waals surface area contributed by atoms with E-state index in [2.05, 4.69) is 9.88 Å². The summed E-state index contributed by atoms with van der Waals surface area (Å²) in [6.45, 7) is 1.66. The number of anilines is 1. The lowest BCUT2D eigenvalue weighted by Crippen LogP contribution is -2.15. The molecule has 20 heavy (non-hydrogen) atoms. The molecule has 8 heteroatoms. The van der Waals surface area contributed by atoms with Gasteiger partial charge in [0.1, 0.15) is 17.2 Å². The minimum atomic E-state index is -3.68. The van der Waals surface area contributed by atoms with E-state index in [0.29, 0.717) is 5.76 Å². The van der Waals surface area contributed by atoms with Crippen LogP contribution < -0.4 is 4.72 Å². The molecule has 1 aromatic carbocycles. The van der Waals surface area contributed by atoms with Gasteiger partial charge in [0.15, 0.2) is 0 Å². The van der Waals surface area contributed by atoms with Crippen LogP contribution >= 0.6 is 0 Å². The minimum Gasteiger partial charge on any atom is -0.478 e. The van der Waals surface area contributed by atoms with Crippen LogP contribution in [-0.2, 0) is 15.8 Å². The Bertz CT molecular complexity index is 736. The second-order valence-corrected chi connectivity index (χ2v) is 5.90. The number of aromatic nitrogens is 1. The second kappa shape index (κ2) is 5.33. The summed E-state index contributed by atoms with van der Waals surface area (Å²) in [6.07, 6.45) is 0. The standard InChI is InChI=1S/C12H12N2O5S/c1-8-5-11(13-19-8)7-20(17,18)14-10-4-2-3-9(6-10)12(15)16/h2-6,14H,7H2,1H3,(H,15,16). The topological polar surface area (TPSA) is 110 Å². The van der Waals surface area contributed by atoms with Crippen molar-refractivity contribution in [2.45, 2.75) is 12.7 Å². The fourth-order valence-electron chi connectivity index (χ4n) is 1.61. The quantitative estimate of drug-likeness (QED) is 0.867. The molecule has 0 spiro atoms. The largest absolute Gasteiger partial charge is 0.478 e. The van der Waals surface area contributed by atoms with E-state index in [-0.39, 0.29) is 22.7 Å². The Morgan fingerprint density at radius 2 is 2.15 bits per heavy atom. The first-order valence-corrected chi connectivity index (χ1v) is 7.27. The maximum atomic E-state index is 11.9. The number of carboxylic acids is 1. The number of carboxylic acid groups (broad SMARTS) is 1. The van der Waals surface area contributed by atoms with Gasteiger partial charge in [-0.15, -0.1) is 0 Å². The minimum absolute atomic E-state index is 0.00230. The molecule has 0 bridgehead atoms. The number of carbonyl (C=O) groups is 1. The number of hydrogen-bond acceptors (Lipinski definition) is 5. The lowest BCUT2D eigenvalue weighted by molar-refractivity contribution is 0.0697. The number of benzene rings is 1. The van der Waals surface area contributed by atoms with Crippen molar-refractivity contribution < 1.29 is 22.8 Å². The molecule has 0 radical (unpaired) electrons. The molecule has 0 aliphatic rings. The Morgan fingerprint density at radius 3 is 2.75 bits per heavy atom. The normalized spacial score (nSPS) is 11.2. The summed E-state index contributed by atoms with van der Waals surface area (Å²) < 4.78 is 30.9. The summed E-state index contributed by atoms with van der Waals surface area (Å²) in [4.78, 5) is 10.8. The Balaban J connectivity index is 2.15. The monoisotopic (exact) mass is 296 g/mol. The molecule has 0 saturated heterocycles. The van der Waals surface area contributed by atoms with Gasteiger partial charge in [-0.05, 0) is 25.1 Å². The first-order valence-electron chi connectivity index (χ1n) is 5.62. The van der Waals surface area contributed by atoms with Crippen LogP contribution in [0.25, 0.3) is 0 Å². The molecule has 0 fully saturated rings. The fourth-order valence-corrected chi connectivity index (χ4v) is 2.70. The molecule has 0 unspecified atom stereocenters. The molecule has 2 aromatic rings. The summed E-state index contributed by atoms with van der Waals surface area (Å²) in [7, 11) is -3.68. The van der Waals surface area contributed by atoms with Crippen molar-refractivity contribution in [3.63, 3.8) is 0 Å².